The number of sulfonamides is 1. The fourth-order valence-corrected chi connectivity index (χ4v) is 5.08. The molecule has 0 aliphatic carbocycles. The van der Waals surface area contributed by atoms with Gasteiger partial charge in [0.1, 0.15) is 5.75 Å². The molecule has 2 aromatic carbocycles. The van der Waals surface area contributed by atoms with Gasteiger partial charge in [-0.2, -0.15) is 4.31 Å². The van der Waals surface area contributed by atoms with E-state index in [-0.39, 0.29) is 5.75 Å². The van der Waals surface area contributed by atoms with Gasteiger partial charge in [-0.3, -0.25) is 4.90 Å². The van der Waals surface area contributed by atoms with E-state index in [9.17, 15) is 13.2 Å². The molecule has 162 valence electrons. The summed E-state index contributed by atoms with van der Waals surface area (Å²) in [6, 6.07) is 11.8. The first-order chi connectivity index (χ1) is 14.2. The van der Waals surface area contributed by atoms with Crippen LogP contribution in [0.15, 0.2) is 42.5 Å². The van der Waals surface area contributed by atoms with Crippen molar-refractivity contribution in [1.82, 2.24) is 9.21 Å². The van der Waals surface area contributed by atoms with Crippen LogP contribution < -0.4 is 4.74 Å². The lowest BCUT2D eigenvalue weighted by Gasteiger charge is -2.34. The second kappa shape index (κ2) is 9.98. The van der Waals surface area contributed by atoms with Crippen LogP contribution >= 0.6 is 23.2 Å². The molecular formula is C20H22Cl2N2O5S. The summed E-state index contributed by atoms with van der Waals surface area (Å²) in [6.45, 7) is 1.89. The smallest absolute Gasteiger partial charge is 0.341 e. The molecule has 10 heteroatoms. The Morgan fingerprint density at radius 2 is 1.63 bits per heavy atom. The standard InChI is InChI=1S/C20H22Cl2N2O5S/c21-17-3-1-15(2-4-17)14-30(27,28)24-9-7-23(8-10-24)12-16-11-18(22)5-6-19(16)29-13-20(25)26/h1-6,11H,7-10,12-14H2,(H,25,26). The number of halogens is 2. The van der Waals surface area contributed by atoms with E-state index in [1.54, 1.807) is 42.5 Å². The Morgan fingerprint density at radius 1 is 1.00 bits per heavy atom. The highest BCUT2D eigenvalue weighted by atomic mass is 35.5. The maximum atomic E-state index is 12.7. The molecule has 1 N–H and O–H groups in total. The zero-order valence-electron chi connectivity index (χ0n) is 16.1. The maximum absolute atomic E-state index is 12.7. The van der Waals surface area contributed by atoms with E-state index < -0.39 is 22.6 Å². The minimum Gasteiger partial charge on any atom is -0.482 e. The quantitative estimate of drug-likeness (QED) is 0.634. The van der Waals surface area contributed by atoms with Crippen molar-refractivity contribution < 1.29 is 23.1 Å². The van der Waals surface area contributed by atoms with E-state index in [0.29, 0.717) is 54.1 Å². The third kappa shape index (κ3) is 6.33. The first kappa shape index (κ1) is 22.8. The van der Waals surface area contributed by atoms with Crippen molar-refractivity contribution in [3.05, 3.63) is 63.6 Å². The van der Waals surface area contributed by atoms with Gasteiger partial charge in [0.25, 0.3) is 0 Å². The van der Waals surface area contributed by atoms with Gasteiger partial charge in [0.15, 0.2) is 6.61 Å². The summed E-state index contributed by atoms with van der Waals surface area (Å²) in [4.78, 5) is 12.9. The van der Waals surface area contributed by atoms with E-state index in [1.807, 2.05) is 0 Å². The minimum atomic E-state index is -3.43. The summed E-state index contributed by atoms with van der Waals surface area (Å²) in [7, 11) is -3.43. The second-order valence-corrected chi connectivity index (χ2v) is 9.83. The van der Waals surface area contributed by atoms with Crippen molar-refractivity contribution in [2.24, 2.45) is 0 Å². The van der Waals surface area contributed by atoms with E-state index in [2.05, 4.69) is 4.90 Å². The van der Waals surface area contributed by atoms with Crippen molar-refractivity contribution in [1.29, 1.82) is 0 Å². The molecule has 1 fully saturated rings. The largest absolute Gasteiger partial charge is 0.482 e. The molecule has 7 nitrogen and oxygen atoms in total. The van der Waals surface area contributed by atoms with Gasteiger partial charge < -0.3 is 9.84 Å². The number of hydrogen-bond donors (Lipinski definition) is 1. The molecule has 3 rings (SSSR count). The highest BCUT2D eigenvalue weighted by Gasteiger charge is 2.27. The van der Waals surface area contributed by atoms with Gasteiger partial charge in [0.2, 0.25) is 10.0 Å². The van der Waals surface area contributed by atoms with Crippen molar-refractivity contribution in [3.8, 4) is 5.75 Å². The molecule has 0 radical (unpaired) electrons. The minimum absolute atomic E-state index is 0.0639. The molecule has 0 saturated carbocycles. The zero-order chi connectivity index (χ0) is 21.7. The first-order valence-corrected chi connectivity index (χ1v) is 11.7. The highest BCUT2D eigenvalue weighted by molar-refractivity contribution is 7.88. The lowest BCUT2D eigenvalue weighted by molar-refractivity contribution is -0.139. The fourth-order valence-electron chi connectivity index (χ4n) is 3.24. The number of carboxylic acids is 1. The Bertz CT molecular complexity index is 991. The van der Waals surface area contributed by atoms with Crippen LogP contribution in [0, 0.1) is 0 Å². The van der Waals surface area contributed by atoms with Crippen LogP contribution in [0.3, 0.4) is 0 Å². The maximum Gasteiger partial charge on any atom is 0.341 e. The molecule has 0 bridgehead atoms. The number of ether oxygens (including phenoxy) is 1. The molecule has 0 atom stereocenters. The number of piperazine rings is 1. The van der Waals surface area contributed by atoms with E-state index in [0.717, 1.165) is 5.56 Å². The summed E-state index contributed by atoms with van der Waals surface area (Å²) in [6.07, 6.45) is 0. The average Bonchev–Trinajstić information content (AvgIpc) is 2.69. The Balaban J connectivity index is 1.60. The van der Waals surface area contributed by atoms with Crippen molar-refractivity contribution >= 4 is 39.2 Å². The number of rotatable bonds is 8. The lowest BCUT2D eigenvalue weighted by Crippen LogP contribution is -2.48. The van der Waals surface area contributed by atoms with Crippen LogP contribution in [0.5, 0.6) is 5.75 Å². The van der Waals surface area contributed by atoms with Gasteiger partial charge in [-0.05, 0) is 35.9 Å². The van der Waals surface area contributed by atoms with E-state index in [1.165, 1.54) is 4.31 Å². The molecule has 0 aromatic heterocycles. The molecule has 0 spiro atoms. The molecule has 1 aliphatic heterocycles. The van der Waals surface area contributed by atoms with Crippen LogP contribution in [0.1, 0.15) is 11.1 Å². The Morgan fingerprint density at radius 3 is 2.27 bits per heavy atom. The predicted octanol–water partition coefficient (Wildman–Crippen LogP) is 3.10. The van der Waals surface area contributed by atoms with Gasteiger partial charge in [0.05, 0.1) is 5.75 Å². The topological polar surface area (TPSA) is 87.2 Å². The predicted molar refractivity (Wildman–Crippen MR) is 116 cm³/mol. The van der Waals surface area contributed by atoms with Gasteiger partial charge in [-0.15, -0.1) is 0 Å². The number of nitrogens with zero attached hydrogens (tertiary/aromatic N) is 2. The van der Waals surface area contributed by atoms with Gasteiger partial charge >= 0.3 is 5.97 Å². The highest BCUT2D eigenvalue weighted by Crippen LogP contribution is 2.25. The van der Waals surface area contributed by atoms with E-state index in [4.69, 9.17) is 33.0 Å². The number of aliphatic carboxylic acids is 1. The molecule has 30 heavy (non-hydrogen) atoms. The van der Waals surface area contributed by atoms with Crippen molar-refractivity contribution in [2.45, 2.75) is 12.3 Å². The molecule has 0 amide bonds. The van der Waals surface area contributed by atoms with Crippen LogP contribution in [0.4, 0.5) is 0 Å². The number of carboxylic acid groups (broad SMARTS) is 1. The van der Waals surface area contributed by atoms with Crippen LogP contribution in [0.25, 0.3) is 0 Å². The third-order valence-corrected chi connectivity index (χ3v) is 7.09. The Kier molecular flexibility index (Phi) is 7.60. The van der Waals surface area contributed by atoms with E-state index >= 15 is 0 Å². The molecule has 0 unspecified atom stereocenters. The monoisotopic (exact) mass is 472 g/mol. The van der Waals surface area contributed by atoms with Crippen LogP contribution in [-0.2, 0) is 27.1 Å². The van der Waals surface area contributed by atoms with Crippen molar-refractivity contribution in [2.75, 3.05) is 32.8 Å². The molecule has 2 aromatic rings. The summed E-state index contributed by atoms with van der Waals surface area (Å²) >= 11 is 11.9. The average molecular weight is 473 g/mol. The lowest BCUT2D eigenvalue weighted by atomic mass is 10.1. The first-order valence-electron chi connectivity index (χ1n) is 9.30. The molecular weight excluding hydrogens is 451 g/mol. The fraction of sp³-hybridized carbons (Fsp3) is 0.350. The third-order valence-electron chi connectivity index (χ3n) is 4.75. The van der Waals surface area contributed by atoms with Crippen LogP contribution in [0.2, 0.25) is 10.0 Å². The molecule has 1 saturated heterocycles. The summed E-state index contributed by atoms with van der Waals surface area (Å²) in [5.74, 6) is -0.666. The van der Waals surface area contributed by atoms with Gasteiger partial charge in [-0.1, -0.05) is 35.3 Å². The normalized spacial score (nSPS) is 15.8. The zero-order valence-corrected chi connectivity index (χ0v) is 18.5. The Labute approximate surface area is 185 Å². The Hall–Kier alpha value is -1.84. The molecule has 1 heterocycles. The summed E-state index contributed by atoms with van der Waals surface area (Å²) < 4.78 is 32.3. The number of hydrogen-bond acceptors (Lipinski definition) is 5. The van der Waals surface area contributed by atoms with Gasteiger partial charge in [-0.25, -0.2) is 13.2 Å². The van der Waals surface area contributed by atoms with Gasteiger partial charge in [0, 0.05) is 48.3 Å². The van der Waals surface area contributed by atoms with Crippen LogP contribution in [-0.4, -0.2) is 61.5 Å². The van der Waals surface area contributed by atoms with Crippen molar-refractivity contribution in [3.63, 3.8) is 0 Å². The number of carbonyl (C=O) groups is 1. The second-order valence-electron chi connectivity index (χ2n) is 6.99. The summed E-state index contributed by atoms with van der Waals surface area (Å²) in [5.41, 5.74) is 1.46. The SMILES string of the molecule is O=C(O)COc1ccc(Cl)cc1CN1CCN(S(=O)(=O)Cc2ccc(Cl)cc2)CC1. The molecule has 1 aliphatic rings. The number of benzene rings is 2. The summed E-state index contributed by atoms with van der Waals surface area (Å²) in [5, 5.41) is 9.93.